The van der Waals surface area contributed by atoms with Crippen LogP contribution in [0.1, 0.15) is 57.7 Å². The Morgan fingerprint density at radius 1 is 1.33 bits per heavy atom. The van der Waals surface area contributed by atoms with Gasteiger partial charge in [0.15, 0.2) is 0 Å². The number of carbonyl (C=O) groups is 1. The zero-order valence-corrected chi connectivity index (χ0v) is 14.6. The summed E-state index contributed by atoms with van der Waals surface area (Å²) in [7, 11) is 0. The molecular formula is C17H29ClN2O. The van der Waals surface area contributed by atoms with Gasteiger partial charge in [-0.15, -0.1) is 12.4 Å². The van der Waals surface area contributed by atoms with E-state index < -0.39 is 0 Å². The topological polar surface area (TPSA) is 55.1 Å². The smallest absolute Gasteiger partial charge is 0.220 e. The van der Waals surface area contributed by atoms with E-state index in [1.165, 1.54) is 5.56 Å². The van der Waals surface area contributed by atoms with E-state index >= 15 is 0 Å². The zero-order chi connectivity index (χ0) is 15.3. The van der Waals surface area contributed by atoms with Crippen molar-refractivity contribution in [3.63, 3.8) is 0 Å². The van der Waals surface area contributed by atoms with Crippen LogP contribution in [0.25, 0.3) is 0 Å². The first-order chi connectivity index (χ1) is 9.20. The lowest BCUT2D eigenvalue weighted by atomic mass is 9.82. The van der Waals surface area contributed by atoms with Gasteiger partial charge < -0.3 is 11.1 Å². The first-order valence-electron chi connectivity index (χ1n) is 7.31. The Morgan fingerprint density at radius 2 is 1.95 bits per heavy atom. The normalized spacial score (nSPS) is 14.0. The van der Waals surface area contributed by atoms with Crippen molar-refractivity contribution in [3.05, 3.63) is 35.4 Å². The number of nitrogens with one attached hydrogen (secondary N) is 1. The van der Waals surface area contributed by atoms with Crippen molar-refractivity contribution in [2.24, 2.45) is 11.1 Å². The lowest BCUT2D eigenvalue weighted by Crippen LogP contribution is -2.37. The maximum absolute atomic E-state index is 12.1. The molecule has 1 aromatic rings. The molecule has 3 nitrogen and oxygen atoms in total. The summed E-state index contributed by atoms with van der Waals surface area (Å²) in [5.74, 6) is 0.0729. The second-order valence-electron chi connectivity index (χ2n) is 6.80. The van der Waals surface area contributed by atoms with Gasteiger partial charge in [0.05, 0.1) is 6.04 Å². The molecule has 21 heavy (non-hydrogen) atoms. The van der Waals surface area contributed by atoms with Gasteiger partial charge in [0.1, 0.15) is 0 Å². The zero-order valence-electron chi connectivity index (χ0n) is 13.8. The molecule has 2 unspecified atom stereocenters. The number of carbonyl (C=O) groups excluding carboxylic acids is 1. The average Bonchev–Trinajstić information content (AvgIpc) is 2.32. The van der Waals surface area contributed by atoms with Crippen LogP contribution >= 0.6 is 12.4 Å². The van der Waals surface area contributed by atoms with E-state index in [4.69, 9.17) is 5.73 Å². The van der Waals surface area contributed by atoms with Crippen LogP contribution in [-0.4, -0.2) is 11.9 Å². The van der Waals surface area contributed by atoms with E-state index in [-0.39, 0.29) is 35.8 Å². The fraction of sp³-hybridized carbons (Fsp3) is 0.588. The second-order valence-corrected chi connectivity index (χ2v) is 6.80. The summed E-state index contributed by atoms with van der Waals surface area (Å²) in [6.45, 7) is 10.4. The minimum Gasteiger partial charge on any atom is -0.349 e. The third-order valence-corrected chi connectivity index (χ3v) is 3.37. The number of hydrogen-bond acceptors (Lipinski definition) is 2. The van der Waals surface area contributed by atoms with Gasteiger partial charge in [0.2, 0.25) is 5.91 Å². The maximum atomic E-state index is 12.1. The molecular weight excluding hydrogens is 284 g/mol. The standard InChI is InChI=1S/C17H28N2O.ClH/c1-12-7-6-8-14(11-12)16(17(3,4)5)19-15(20)10-9-13(2)18;/h6-8,11,13,16H,9-10,18H2,1-5H3,(H,19,20);1H. The van der Waals surface area contributed by atoms with Crippen molar-refractivity contribution in [2.45, 2.75) is 59.5 Å². The van der Waals surface area contributed by atoms with Crippen LogP contribution in [0.2, 0.25) is 0 Å². The first-order valence-corrected chi connectivity index (χ1v) is 7.31. The highest BCUT2D eigenvalue weighted by molar-refractivity contribution is 5.85. The third kappa shape index (κ3) is 6.96. The Labute approximate surface area is 135 Å². The highest BCUT2D eigenvalue weighted by Crippen LogP contribution is 2.33. The molecule has 1 rings (SSSR count). The quantitative estimate of drug-likeness (QED) is 0.870. The number of benzene rings is 1. The van der Waals surface area contributed by atoms with Crippen LogP contribution in [0.5, 0.6) is 0 Å². The molecule has 0 saturated carbocycles. The monoisotopic (exact) mass is 312 g/mol. The van der Waals surface area contributed by atoms with Gasteiger partial charge in [0.25, 0.3) is 0 Å². The van der Waals surface area contributed by atoms with Crippen molar-refractivity contribution >= 4 is 18.3 Å². The summed E-state index contributed by atoms with van der Waals surface area (Å²) in [5, 5.41) is 3.16. The molecule has 0 saturated heterocycles. The summed E-state index contributed by atoms with van der Waals surface area (Å²) >= 11 is 0. The van der Waals surface area contributed by atoms with Crippen LogP contribution in [0, 0.1) is 12.3 Å². The number of halogens is 1. The summed E-state index contributed by atoms with van der Waals surface area (Å²) in [6.07, 6.45) is 1.20. The van der Waals surface area contributed by atoms with Crippen molar-refractivity contribution in [1.82, 2.24) is 5.32 Å². The Hall–Kier alpha value is -1.06. The number of rotatable bonds is 5. The van der Waals surface area contributed by atoms with E-state index in [1.54, 1.807) is 0 Å². The number of amides is 1. The molecule has 0 aromatic heterocycles. The molecule has 0 aliphatic carbocycles. The van der Waals surface area contributed by atoms with Gasteiger partial charge in [-0.25, -0.2) is 0 Å². The summed E-state index contributed by atoms with van der Waals surface area (Å²) in [6, 6.07) is 8.41. The molecule has 4 heteroatoms. The lowest BCUT2D eigenvalue weighted by Gasteiger charge is -2.32. The maximum Gasteiger partial charge on any atom is 0.220 e. The molecule has 0 heterocycles. The van der Waals surface area contributed by atoms with E-state index in [0.717, 1.165) is 12.0 Å². The van der Waals surface area contributed by atoms with Crippen LogP contribution in [0.3, 0.4) is 0 Å². The van der Waals surface area contributed by atoms with Crippen LogP contribution in [-0.2, 0) is 4.79 Å². The fourth-order valence-electron chi connectivity index (χ4n) is 2.24. The van der Waals surface area contributed by atoms with Gasteiger partial charge in [-0.2, -0.15) is 0 Å². The molecule has 0 aliphatic heterocycles. The highest BCUT2D eigenvalue weighted by Gasteiger charge is 2.27. The summed E-state index contributed by atoms with van der Waals surface area (Å²) in [5.41, 5.74) is 8.05. The Bertz CT molecular complexity index is 452. The fourth-order valence-corrected chi connectivity index (χ4v) is 2.24. The molecule has 120 valence electrons. The van der Waals surface area contributed by atoms with E-state index in [2.05, 4.69) is 51.2 Å². The SMILES string of the molecule is Cc1cccc(C(NC(=O)CCC(C)N)C(C)(C)C)c1.Cl. The predicted molar refractivity (Wildman–Crippen MR) is 91.6 cm³/mol. The second kappa shape index (κ2) is 8.40. The largest absolute Gasteiger partial charge is 0.349 e. The van der Waals surface area contributed by atoms with Crippen LogP contribution in [0.15, 0.2) is 24.3 Å². The highest BCUT2D eigenvalue weighted by atomic mass is 35.5. The Kier molecular flexibility index (Phi) is 7.98. The van der Waals surface area contributed by atoms with Gasteiger partial charge in [-0.3, -0.25) is 4.79 Å². The minimum atomic E-state index is -0.0300. The molecule has 0 radical (unpaired) electrons. The number of hydrogen-bond donors (Lipinski definition) is 2. The predicted octanol–water partition coefficient (Wildman–Crippen LogP) is 3.75. The third-order valence-electron chi connectivity index (χ3n) is 3.37. The van der Waals surface area contributed by atoms with Crippen molar-refractivity contribution in [1.29, 1.82) is 0 Å². The van der Waals surface area contributed by atoms with E-state index in [9.17, 15) is 4.79 Å². The van der Waals surface area contributed by atoms with Gasteiger partial charge in [-0.1, -0.05) is 50.6 Å². The summed E-state index contributed by atoms with van der Waals surface area (Å²) in [4.78, 5) is 12.1. The number of nitrogens with two attached hydrogens (primary N) is 1. The van der Waals surface area contributed by atoms with Gasteiger partial charge >= 0.3 is 0 Å². The van der Waals surface area contributed by atoms with Crippen molar-refractivity contribution in [3.8, 4) is 0 Å². The molecule has 0 spiro atoms. The molecule has 1 aromatic carbocycles. The Balaban J connectivity index is 0.00000400. The molecule has 2 atom stereocenters. The van der Waals surface area contributed by atoms with Crippen molar-refractivity contribution < 1.29 is 4.79 Å². The molecule has 1 amide bonds. The van der Waals surface area contributed by atoms with E-state index in [1.807, 2.05) is 13.0 Å². The van der Waals surface area contributed by atoms with Gasteiger partial charge in [-0.05, 0) is 31.2 Å². The lowest BCUT2D eigenvalue weighted by molar-refractivity contribution is -0.122. The van der Waals surface area contributed by atoms with E-state index in [0.29, 0.717) is 6.42 Å². The average molecular weight is 313 g/mol. The molecule has 0 fully saturated rings. The molecule has 3 N–H and O–H groups in total. The minimum absolute atomic E-state index is 0. The molecule has 0 aliphatic rings. The number of aryl methyl sites for hydroxylation is 1. The van der Waals surface area contributed by atoms with Crippen LogP contribution in [0.4, 0.5) is 0 Å². The summed E-state index contributed by atoms with van der Waals surface area (Å²) < 4.78 is 0. The Morgan fingerprint density at radius 3 is 2.43 bits per heavy atom. The van der Waals surface area contributed by atoms with Gasteiger partial charge in [0, 0.05) is 12.5 Å². The molecule has 0 bridgehead atoms. The van der Waals surface area contributed by atoms with Crippen molar-refractivity contribution in [2.75, 3.05) is 0 Å². The first kappa shape index (κ1) is 19.9. The van der Waals surface area contributed by atoms with Crippen LogP contribution < -0.4 is 11.1 Å².